The number of rotatable bonds is 4. The normalized spacial score (nSPS) is 11.9. The van der Waals surface area contributed by atoms with Crippen LogP contribution in [0.15, 0.2) is 36.5 Å². The molecule has 2 aromatic rings. The summed E-state index contributed by atoms with van der Waals surface area (Å²) in [5.74, 6) is 1.05. The number of aromatic nitrogens is 2. The maximum Gasteiger partial charge on any atom is 0.324 e. The van der Waals surface area contributed by atoms with Gasteiger partial charge in [-0.25, -0.2) is 4.79 Å². The molecule has 0 bridgehead atoms. The topological polar surface area (TPSA) is 69.8 Å². The van der Waals surface area contributed by atoms with E-state index in [-0.39, 0.29) is 6.03 Å². The van der Waals surface area contributed by atoms with Gasteiger partial charge in [0, 0.05) is 11.8 Å². The van der Waals surface area contributed by atoms with Gasteiger partial charge in [0.15, 0.2) is 0 Å². The number of urea groups is 1. The van der Waals surface area contributed by atoms with Crippen LogP contribution in [0.25, 0.3) is 0 Å². The molecule has 1 atom stereocenters. The van der Waals surface area contributed by atoms with Gasteiger partial charge in [0.25, 0.3) is 0 Å². The van der Waals surface area contributed by atoms with E-state index in [4.69, 9.17) is 0 Å². The number of amides is 2. The minimum Gasteiger partial charge on any atom is -0.308 e. The van der Waals surface area contributed by atoms with Crippen molar-refractivity contribution in [2.75, 3.05) is 10.6 Å². The van der Waals surface area contributed by atoms with Crippen LogP contribution in [0.4, 0.5) is 16.3 Å². The highest BCUT2D eigenvalue weighted by Crippen LogP contribution is 2.21. The molecule has 0 saturated carbocycles. The minimum absolute atomic E-state index is 0.287. The van der Waals surface area contributed by atoms with Crippen LogP contribution in [0.2, 0.25) is 0 Å². The SMILES string of the molecule is CCC(C)c1cccc(NC(=O)Nc2ccn[nH]2)c1. The number of carbonyl (C=O) groups is 1. The number of H-pyrrole nitrogens is 1. The highest BCUT2D eigenvalue weighted by Gasteiger charge is 2.06. The van der Waals surface area contributed by atoms with Crippen molar-refractivity contribution in [3.05, 3.63) is 42.1 Å². The van der Waals surface area contributed by atoms with Crippen LogP contribution in [0.5, 0.6) is 0 Å². The predicted molar refractivity (Wildman–Crippen MR) is 76.4 cm³/mol. The van der Waals surface area contributed by atoms with Gasteiger partial charge in [-0.05, 0) is 30.0 Å². The molecule has 19 heavy (non-hydrogen) atoms. The molecule has 5 nitrogen and oxygen atoms in total. The molecule has 0 spiro atoms. The first-order valence-corrected chi connectivity index (χ1v) is 6.36. The first-order chi connectivity index (χ1) is 9.19. The maximum atomic E-state index is 11.8. The molecule has 1 aromatic carbocycles. The van der Waals surface area contributed by atoms with E-state index in [2.05, 4.69) is 40.7 Å². The summed E-state index contributed by atoms with van der Waals surface area (Å²) in [4.78, 5) is 11.8. The molecule has 0 aliphatic carbocycles. The fourth-order valence-corrected chi connectivity index (χ4v) is 1.77. The quantitative estimate of drug-likeness (QED) is 0.784. The van der Waals surface area contributed by atoms with Crippen molar-refractivity contribution in [3.63, 3.8) is 0 Å². The lowest BCUT2D eigenvalue weighted by atomic mass is 9.98. The molecule has 100 valence electrons. The number of aromatic amines is 1. The van der Waals surface area contributed by atoms with E-state index < -0.39 is 0 Å². The average molecular weight is 258 g/mol. The second-order valence-corrected chi connectivity index (χ2v) is 4.48. The summed E-state index contributed by atoms with van der Waals surface area (Å²) in [5.41, 5.74) is 2.01. The molecule has 2 amide bonds. The Balaban J connectivity index is 2.00. The van der Waals surface area contributed by atoms with Gasteiger partial charge in [0.2, 0.25) is 0 Å². The summed E-state index contributed by atoms with van der Waals surface area (Å²) >= 11 is 0. The van der Waals surface area contributed by atoms with Crippen LogP contribution >= 0.6 is 0 Å². The van der Waals surface area contributed by atoms with Crippen molar-refractivity contribution in [1.82, 2.24) is 10.2 Å². The Morgan fingerprint density at radius 2 is 2.21 bits per heavy atom. The molecule has 0 aliphatic rings. The summed E-state index contributed by atoms with van der Waals surface area (Å²) in [7, 11) is 0. The van der Waals surface area contributed by atoms with E-state index in [9.17, 15) is 4.79 Å². The van der Waals surface area contributed by atoms with Gasteiger partial charge >= 0.3 is 6.03 Å². The molecule has 3 N–H and O–H groups in total. The molecule has 0 radical (unpaired) electrons. The molecule has 0 fully saturated rings. The lowest BCUT2D eigenvalue weighted by Crippen LogP contribution is -2.19. The third-order valence-electron chi connectivity index (χ3n) is 3.07. The van der Waals surface area contributed by atoms with Crippen LogP contribution in [0.3, 0.4) is 0 Å². The standard InChI is InChI=1S/C14H18N4O/c1-3-10(2)11-5-4-6-12(9-11)16-14(19)17-13-7-8-15-18-13/h4-10H,3H2,1-2H3,(H3,15,16,17,18,19). The fourth-order valence-electron chi connectivity index (χ4n) is 1.77. The molecule has 2 rings (SSSR count). The summed E-state index contributed by atoms with van der Waals surface area (Å²) in [6, 6.07) is 9.30. The molecule has 0 aliphatic heterocycles. The Hall–Kier alpha value is -2.30. The van der Waals surface area contributed by atoms with E-state index in [1.54, 1.807) is 12.3 Å². The van der Waals surface area contributed by atoms with Crippen molar-refractivity contribution < 1.29 is 4.79 Å². The van der Waals surface area contributed by atoms with Gasteiger partial charge in [0.05, 0.1) is 6.20 Å². The average Bonchev–Trinajstić information content (AvgIpc) is 2.90. The minimum atomic E-state index is -0.287. The number of hydrogen-bond donors (Lipinski definition) is 3. The molecule has 0 saturated heterocycles. The van der Waals surface area contributed by atoms with Crippen LogP contribution in [-0.2, 0) is 0 Å². The predicted octanol–water partition coefficient (Wildman–Crippen LogP) is 3.57. The Labute approximate surface area is 112 Å². The third-order valence-corrected chi connectivity index (χ3v) is 3.07. The van der Waals surface area contributed by atoms with Crippen molar-refractivity contribution in [2.24, 2.45) is 0 Å². The first kappa shape index (κ1) is 13.1. The van der Waals surface area contributed by atoms with Crippen molar-refractivity contribution in [3.8, 4) is 0 Å². The number of benzene rings is 1. The van der Waals surface area contributed by atoms with E-state index in [0.29, 0.717) is 11.7 Å². The van der Waals surface area contributed by atoms with E-state index in [1.807, 2.05) is 18.2 Å². The molecular weight excluding hydrogens is 240 g/mol. The van der Waals surface area contributed by atoms with Crippen LogP contribution in [0.1, 0.15) is 31.7 Å². The number of hydrogen-bond acceptors (Lipinski definition) is 2. The van der Waals surface area contributed by atoms with E-state index in [0.717, 1.165) is 12.1 Å². The fraction of sp³-hybridized carbons (Fsp3) is 0.286. The lowest BCUT2D eigenvalue weighted by Gasteiger charge is -2.11. The first-order valence-electron chi connectivity index (χ1n) is 6.36. The van der Waals surface area contributed by atoms with E-state index in [1.165, 1.54) is 5.56 Å². The molecular formula is C14H18N4O. The summed E-state index contributed by atoms with van der Waals surface area (Å²) in [5, 5.41) is 11.9. The van der Waals surface area contributed by atoms with Gasteiger partial charge < -0.3 is 5.32 Å². The number of carbonyl (C=O) groups excluding carboxylic acids is 1. The molecule has 1 unspecified atom stereocenters. The molecule has 1 heterocycles. The zero-order chi connectivity index (χ0) is 13.7. The Bertz CT molecular complexity index is 536. The number of anilines is 2. The van der Waals surface area contributed by atoms with Gasteiger partial charge in [-0.15, -0.1) is 0 Å². The van der Waals surface area contributed by atoms with Gasteiger partial charge in [-0.1, -0.05) is 26.0 Å². The van der Waals surface area contributed by atoms with Gasteiger partial charge in [0.1, 0.15) is 5.82 Å². The van der Waals surface area contributed by atoms with Crippen LogP contribution in [0, 0.1) is 0 Å². The Morgan fingerprint density at radius 1 is 1.37 bits per heavy atom. The zero-order valence-corrected chi connectivity index (χ0v) is 11.1. The lowest BCUT2D eigenvalue weighted by molar-refractivity contribution is 0.262. The highest BCUT2D eigenvalue weighted by molar-refractivity contribution is 5.99. The largest absolute Gasteiger partial charge is 0.324 e. The Morgan fingerprint density at radius 3 is 2.89 bits per heavy atom. The van der Waals surface area contributed by atoms with Crippen molar-refractivity contribution in [2.45, 2.75) is 26.2 Å². The smallest absolute Gasteiger partial charge is 0.308 e. The molecule has 1 aromatic heterocycles. The van der Waals surface area contributed by atoms with Crippen molar-refractivity contribution >= 4 is 17.5 Å². The van der Waals surface area contributed by atoms with E-state index >= 15 is 0 Å². The maximum absolute atomic E-state index is 11.8. The summed E-state index contributed by atoms with van der Waals surface area (Å²) < 4.78 is 0. The summed E-state index contributed by atoms with van der Waals surface area (Å²) in [6.07, 6.45) is 2.66. The third kappa shape index (κ3) is 3.58. The monoisotopic (exact) mass is 258 g/mol. The van der Waals surface area contributed by atoms with Crippen molar-refractivity contribution in [1.29, 1.82) is 0 Å². The zero-order valence-electron chi connectivity index (χ0n) is 11.1. The number of nitrogens with zero attached hydrogens (tertiary/aromatic N) is 1. The Kier molecular flexibility index (Phi) is 4.18. The number of nitrogens with one attached hydrogen (secondary N) is 3. The summed E-state index contributed by atoms with van der Waals surface area (Å²) in [6.45, 7) is 4.32. The highest BCUT2D eigenvalue weighted by atomic mass is 16.2. The van der Waals surface area contributed by atoms with Crippen LogP contribution < -0.4 is 10.6 Å². The van der Waals surface area contributed by atoms with Gasteiger partial charge in [-0.3, -0.25) is 10.4 Å². The van der Waals surface area contributed by atoms with Gasteiger partial charge in [-0.2, -0.15) is 5.10 Å². The second-order valence-electron chi connectivity index (χ2n) is 4.48. The second kappa shape index (κ2) is 6.04. The van der Waals surface area contributed by atoms with Crippen LogP contribution in [-0.4, -0.2) is 16.2 Å². The molecule has 5 heteroatoms.